The quantitative estimate of drug-likeness (QED) is 0.353. The van der Waals surface area contributed by atoms with Crippen LogP contribution in [0.5, 0.6) is 0 Å². The van der Waals surface area contributed by atoms with E-state index in [2.05, 4.69) is 10.6 Å². The largest absolute Gasteiger partial charge is 0.351 e. The van der Waals surface area contributed by atoms with Crippen molar-refractivity contribution in [3.8, 4) is 0 Å². The van der Waals surface area contributed by atoms with E-state index in [0.29, 0.717) is 19.1 Å². The van der Waals surface area contributed by atoms with Gasteiger partial charge in [0.2, 0.25) is 0 Å². The monoisotopic (exact) mass is 359 g/mol. The van der Waals surface area contributed by atoms with Crippen molar-refractivity contribution in [2.45, 2.75) is 44.6 Å². The molecule has 8 heteroatoms. The lowest BCUT2D eigenvalue weighted by Crippen LogP contribution is -2.37. The Morgan fingerprint density at radius 3 is 2.46 bits per heavy atom. The van der Waals surface area contributed by atoms with Crippen LogP contribution in [0.15, 0.2) is 18.2 Å². The molecule has 0 aliphatic heterocycles. The molecule has 0 radical (unpaired) electrons. The molecule has 1 saturated carbocycles. The van der Waals surface area contributed by atoms with Crippen molar-refractivity contribution in [2.24, 2.45) is 0 Å². The highest BCUT2D eigenvalue weighted by atomic mass is 35.5. The molecular weight excluding hydrogens is 337 g/mol. The molecule has 6 nitrogen and oxygen atoms in total. The van der Waals surface area contributed by atoms with Crippen LogP contribution in [-0.2, 0) is 0 Å². The van der Waals surface area contributed by atoms with E-state index in [-0.39, 0.29) is 23.7 Å². The van der Waals surface area contributed by atoms with Gasteiger partial charge in [0.15, 0.2) is 0 Å². The van der Waals surface area contributed by atoms with E-state index < -0.39 is 16.6 Å². The molecule has 134 valence electrons. The number of nitrogens with zero attached hydrogens (tertiary/aromatic N) is 1. The maximum atomic E-state index is 13.7. The zero-order valence-corrected chi connectivity index (χ0v) is 14.2. The molecule has 24 heavy (non-hydrogen) atoms. The molecule has 1 aromatic carbocycles. The first-order chi connectivity index (χ1) is 11.1. The number of non-ortho nitro benzene ring substituents is 1. The molecule has 1 fully saturated rings. The topological polar surface area (TPSA) is 84.3 Å². The van der Waals surface area contributed by atoms with Crippen molar-refractivity contribution < 1.29 is 14.1 Å². The van der Waals surface area contributed by atoms with Crippen molar-refractivity contribution in [3.63, 3.8) is 0 Å². The summed E-state index contributed by atoms with van der Waals surface area (Å²) in [5.74, 6) is -1.44. The maximum absolute atomic E-state index is 13.7. The number of carbonyl (C=O) groups excluding carboxylic acids is 1. The molecule has 0 unspecified atom stereocenters. The van der Waals surface area contributed by atoms with Crippen LogP contribution in [0.2, 0.25) is 0 Å². The SMILES string of the molecule is Cl.O=C(NCCNC1CCCCCC1)c1ccc([N+](=O)[O-])cc1F. The Balaban J connectivity index is 0.00000288. The van der Waals surface area contributed by atoms with Gasteiger partial charge in [-0.2, -0.15) is 0 Å². The Morgan fingerprint density at radius 1 is 1.21 bits per heavy atom. The summed E-state index contributed by atoms with van der Waals surface area (Å²) in [5, 5.41) is 16.6. The van der Waals surface area contributed by atoms with Crippen molar-refractivity contribution in [1.82, 2.24) is 10.6 Å². The number of nitro groups is 1. The van der Waals surface area contributed by atoms with Crippen LogP contribution in [0.4, 0.5) is 10.1 Å². The van der Waals surface area contributed by atoms with Gasteiger partial charge in [0, 0.05) is 25.2 Å². The fourth-order valence-electron chi connectivity index (χ4n) is 2.83. The molecule has 1 aromatic rings. The van der Waals surface area contributed by atoms with E-state index in [1.54, 1.807) is 0 Å². The van der Waals surface area contributed by atoms with Gasteiger partial charge in [-0.1, -0.05) is 25.7 Å². The average molecular weight is 360 g/mol. The van der Waals surface area contributed by atoms with E-state index in [9.17, 15) is 19.3 Å². The molecule has 0 aromatic heterocycles. The van der Waals surface area contributed by atoms with Gasteiger partial charge in [0.25, 0.3) is 11.6 Å². The molecular formula is C16H23ClFN3O3. The molecule has 1 amide bonds. The van der Waals surface area contributed by atoms with E-state index >= 15 is 0 Å². The summed E-state index contributed by atoms with van der Waals surface area (Å²) >= 11 is 0. The van der Waals surface area contributed by atoms with Crippen LogP contribution < -0.4 is 10.6 Å². The number of hydrogen-bond donors (Lipinski definition) is 2. The fraction of sp³-hybridized carbons (Fsp3) is 0.562. The number of halogens is 2. The second kappa shape index (κ2) is 10.2. The Bertz CT molecular complexity index is 563. The summed E-state index contributed by atoms with van der Waals surface area (Å²) in [6.07, 6.45) is 7.36. The van der Waals surface area contributed by atoms with Gasteiger partial charge in [-0.05, 0) is 18.9 Å². The van der Waals surface area contributed by atoms with E-state index in [0.717, 1.165) is 31.0 Å². The lowest BCUT2D eigenvalue weighted by Gasteiger charge is -2.16. The lowest BCUT2D eigenvalue weighted by atomic mass is 10.1. The molecule has 0 atom stereocenters. The summed E-state index contributed by atoms with van der Waals surface area (Å²) in [5.41, 5.74) is -0.542. The summed E-state index contributed by atoms with van der Waals surface area (Å²) in [6.45, 7) is 1.02. The number of nitrogens with one attached hydrogen (secondary N) is 2. The van der Waals surface area contributed by atoms with E-state index in [1.807, 2.05) is 0 Å². The number of benzene rings is 1. The van der Waals surface area contributed by atoms with Gasteiger partial charge < -0.3 is 10.6 Å². The first kappa shape index (κ1) is 20.3. The molecule has 0 bridgehead atoms. The van der Waals surface area contributed by atoms with Crippen LogP contribution in [0, 0.1) is 15.9 Å². The Kier molecular flexibility index (Phi) is 8.63. The van der Waals surface area contributed by atoms with Crippen molar-refractivity contribution >= 4 is 24.0 Å². The fourth-order valence-corrected chi connectivity index (χ4v) is 2.83. The number of rotatable bonds is 6. The molecule has 2 rings (SSSR count). The summed E-state index contributed by atoms with van der Waals surface area (Å²) in [7, 11) is 0. The highest BCUT2D eigenvalue weighted by Gasteiger charge is 2.16. The van der Waals surface area contributed by atoms with Gasteiger partial charge >= 0.3 is 0 Å². The molecule has 0 spiro atoms. The number of nitro benzene ring substituents is 1. The van der Waals surface area contributed by atoms with Gasteiger partial charge in [-0.25, -0.2) is 4.39 Å². The molecule has 0 saturated heterocycles. The molecule has 0 heterocycles. The maximum Gasteiger partial charge on any atom is 0.272 e. The minimum Gasteiger partial charge on any atom is -0.351 e. The van der Waals surface area contributed by atoms with Gasteiger partial charge in [-0.15, -0.1) is 12.4 Å². The normalized spacial score (nSPS) is 15.2. The van der Waals surface area contributed by atoms with E-state index in [1.165, 1.54) is 25.7 Å². The first-order valence-electron chi connectivity index (χ1n) is 8.03. The number of hydrogen-bond acceptors (Lipinski definition) is 4. The van der Waals surface area contributed by atoms with Crippen molar-refractivity contribution in [2.75, 3.05) is 13.1 Å². The third-order valence-corrected chi connectivity index (χ3v) is 4.11. The number of amides is 1. The first-order valence-corrected chi connectivity index (χ1v) is 8.03. The van der Waals surface area contributed by atoms with Gasteiger partial charge in [0.1, 0.15) is 5.82 Å². The summed E-state index contributed by atoms with van der Waals surface area (Å²) in [4.78, 5) is 21.8. The standard InChI is InChI=1S/C16H22FN3O3.ClH/c17-15-11-13(20(22)23)7-8-14(15)16(21)19-10-9-18-12-5-3-1-2-4-6-12;/h7-8,11-12,18H,1-6,9-10H2,(H,19,21);1H. The third-order valence-electron chi connectivity index (χ3n) is 4.11. The van der Waals surface area contributed by atoms with Crippen LogP contribution in [0.3, 0.4) is 0 Å². The smallest absolute Gasteiger partial charge is 0.272 e. The summed E-state index contributed by atoms with van der Waals surface area (Å²) < 4.78 is 13.7. The predicted molar refractivity (Wildman–Crippen MR) is 92.1 cm³/mol. The van der Waals surface area contributed by atoms with Crippen molar-refractivity contribution in [3.05, 3.63) is 39.7 Å². The van der Waals surface area contributed by atoms with Gasteiger partial charge in [-0.3, -0.25) is 14.9 Å². The second-order valence-electron chi connectivity index (χ2n) is 5.82. The molecule has 1 aliphatic rings. The number of carbonyl (C=O) groups is 1. The summed E-state index contributed by atoms with van der Waals surface area (Å²) in [6, 6.07) is 3.52. The average Bonchev–Trinajstić information content (AvgIpc) is 2.80. The predicted octanol–water partition coefficient (Wildman–Crippen LogP) is 3.20. The Hall–Kier alpha value is -1.73. The zero-order valence-electron chi connectivity index (χ0n) is 13.4. The van der Waals surface area contributed by atoms with E-state index in [4.69, 9.17) is 0 Å². The Morgan fingerprint density at radius 2 is 1.88 bits per heavy atom. The van der Waals surface area contributed by atoms with Crippen LogP contribution >= 0.6 is 12.4 Å². The van der Waals surface area contributed by atoms with Crippen LogP contribution in [0.25, 0.3) is 0 Å². The van der Waals surface area contributed by atoms with Crippen LogP contribution in [0.1, 0.15) is 48.9 Å². The highest BCUT2D eigenvalue weighted by Crippen LogP contribution is 2.17. The molecule has 1 aliphatic carbocycles. The van der Waals surface area contributed by atoms with Gasteiger partial charge in [0.05, 0.1) is 16.6 Å². The molecule has 2 N–H and O–H groups in total. The third kappa shape index (κ3) is 6.05. The minimum atomic E-state index is -0.881. The lowest BCUT2D eigenvalue weighted by molar-refractivity contribution is -0.385. The highest BCUT2D eigenvalue weighted by molar-refractivity contribution is 5.94. The zero-order chi connectivity index (χ0) is 16.7. The second-order valence-corrected chi connectivity index (χ2v) is 5.82. The minimum absolute atomic E-state index is 0. The van der Waals surface area contributed by atoms with Crippen LogP contribution in [-0.4, -0.2) is 30.0 Å². The van der Waals surface area contributed by atoms with Crippen molar-refractivity contribution in [1.29, 1.82) is 0 Å². The Labute approximate surface area is 146 Å².